The van der Waals surface area contributed by atoms with Crippen molar-refractivity contribution in [3.8, 4) is 11.4 Å². The summed E-state index contributed by atoms with van der Waals surface area (Å²) in [5, 5.41) is 12.4. The monoisotopic (exact) mass is 258 g/mol. The maximum absolute atomic E-state index is 5.62. The lowest BCUT2D eigenvalue weighted by molar-refractivity contribution is 0.383. The standard InChI is InChI=1S/C14H18N4O/c1-8-7-11(9(2)19-8)13-16-17-14-12(10-3-4-10)15-5-6-18(13)14/h7,10,12,15H,3-6H2,1-2H3. The average molecular weight is 258 g/mol. The second-order valence-corrected chi connectivity index (χ2v) is 5.63. The van der Waals surface area contributed by atoms with Crippen molar-refractivity contribution in [3.63, 3.8) is 0 Å². The first-order valence-corrected chi connectivity index (χ1v) is 6.98. The Balaban J connectivity index is 1.80. The van der Waals surface area contributed by atoms with Gasteiger partial charge in [-0.15, -0.1) is 10.2 Å². The molecule has 0 spiro atoms. The molecule has 0 radical (unpaired) electrons. The molecule has 100 valence electrons. The van der Waals surface area contributed by atoms with Crippen LogP contribution in [0.15, 0.2) is 10.5 Å². The van der Waals surface area contributed by atoms with Crippen molar-refractivity contribution >= 4 is 0 Å². The zero-order chi connectivity index (χ0) is 13.0. The Morgan fingerprint density at radius 3 is 2.84 bits per heavy atom. The van der Waals surface area contributed by atoms with Crippen LogP contribution < -0.4 is 5.32 Å². The second-order valence-electron chi connectivity index (χ2n) is 5.63. The Labute approximate surface area is 112 Å². The van der Waals surface area contributed by atoms with Crippen LogP contribution in [0.4, 0.5) is 0 Å². The molecule has 5 nitrogen and oxygen atoms in total. The Morgan fingerprint density at radius 2 is 2.16 bits per heavy atom. The molecule has 1 saturated carbocycles. The number of fused-ring (bicyclic) bond motifs is 1. The van der Waals surface area contributed by atoms with Gasteiger partial charge in [-0.25, -0.2) is 0 Å². The van der Waals surface area contributed by atoms with Crippen molar-refractivity contribution in [2.24, 2.45) is 5.92 Å². The van der Waals surface area contributed by atoms with Gasteiger partial charge >= 0.3 is 0 Å². The molecule has 19 heavy (non-hydrogen) atoms. The molecule has 1 aliphatic carbocycles. The first-order chi connectivity index (χ1) is 9.24. The van der Waals surface area contributed by atoms with Gasteiger partial charge in [0.1, 0.15) is 11.5 Å². The maximum atomic E-state index is 5.62. The van der Waals surface area contributed by atoms with E-state index in [0.29, 0.717) is 6.04 Å². The minimum atomic E-state index is 0.392. The lowest BCUT2D eigenvalue weighted by atomic mass is 10.1. The highest BCUT2D eigenvalue weighted by Crippen LogP contribution is 2.42. The highest BCUT2D eigenvalue weighted by molar-refractivity contribution is 5.58. The van der Waals surface area contributed by atoms with Crippen LogP contribution in [0.1, 0.15) is 36.2 Å². The number of hydrogen-bond acceptors (Lipinski definition) is 4. The van der Waals surface area contributed by atoms with E-state index in [1.165, 1.54) is 12.8 Å². The minimum Gasteiger partial charge on any atom is -0.466 e. The Hall–Kier alpha value is -1.62. The number of rotatable bonds is 2. The zero-order valence-electron chi connectivity index (χ0n) is 11.3. The summed E-state index contributed by atoms with van der Waals surface area (Å²) in [6, 6.07) is 2.45. The number of aromatic nitrogens is 3. The normalized spacial score (nSPS) is 22.5. The average Bonchev–Trinajstić information content (AvgIpc) is 3.06. The van der Waals surface area contributed by atoms with Gasteiger partial charge in [0.05, 0.1) is 11.6 Å². The fourth-order valence-electron chi connectivity index (χ4n) is 3.05. The van der Waals surface area contributed by atoms with Gasteiger partial charge < -0.3 is 14.3 Å². The molecule has 0 amide bonds. The van der Waals surface area contributed by atoms with Crippen molar-refractivity contribution in [2.45, 2.75) is 39.3 Å². The van der Waals surface area contributed by atoms with E-state index in [9.17, 15) is 0 Å². The molecule has 5 heteroatoms. The van der Waals surface area contributed by atoms with Crippen LogP contribution in [0.3, 0.4) is 0 Å². The van der Waals surface area contributed by atoms with Gasteiger partial charge in [-0.3, -0.25) is 0 Å². The van der Waals surface area contributed by atoms with E-state index in [1.54, 1.807) is 0 Å². The summed E-state index contributed by atoms with van der Waals surface area (Å²) in [4.78, 5) is 0. The molecule has 2 aromatic heterocycles. The number of furan rings is 1. The summed E-state index contributed by atoms with van der Waals surface area (Å²) < 4.78 is 7.88. The van der Waals surface area contributed by atoms with Crippen molar-refractivity contribution in [2.75, 3.05) is 6.54 Å². The zero-order valence-corrected chi connectivity index (χ0v) is 11.3. The molecular weight excluding hydrogens is 240 g/mol. The number of hydrogen-bond donors (Lipinski definition) is 1. The first kappa shape index (κ1) is 11.2. The lowest BCUT2D eigenvalue weighted by Gasteiger charge is -2.24. The van der Waals surface area contributed by atoms with E-state index in [2.05, 4.69) is 26.1 Å². The molecular formula is C14H18N4O. The lowest BCUT2D eigenvalue weighted by Crippen LogP contribution is -2.35. The van der Waals surface area contributed by atoms with E-state index in [4.69, 9.17) is 4.42 Å². The van der Waals surface area contributed by atoms with Crippen LogP contribution in [0.25, 0.3) is 11.4 Å². The van der Waals surface area contributed by atoms with Gasteiger partial charge in [-0.2, -0.15) is 0 Å². The van der Waals surface area contributed by atoms with E-state index < -0.39 is 0 Å². The highest BCUT2D eigenvalue weighted by atomic mass is 16.3. The molecule has 1 N–H and O–H groups in total. The quantitative estimate of drug-likeness (QED) is 0.897. The number of aryl methyl sites for hydroxylation is 2. The summed E-state index contributed by atoms with van der Waals surface area (Å²) in [7, 11) is 0. The molecule has 0 aromatic carbocycles. The Morgan fingerprint density at radius 1 is 1.32 bits per heavy atom. The topological polar surface area (TPSA) is 55.9 Å². The van der Waals surface area contributed by atoms with Gasteiger partial charge in [-0.05, 0) is 38.7 Å². The van der Waals surface area contributed by atoms with Crippen molar-refractivity contribution < 1.29 is 4.42 Å². The fraction of sp³-hybridized carbons (Fsp3) is 0.571. The Bertz CT molecular complexity index is 623. The summed E-state index contributed by atoms with van der Waals surface area (Å²) in [5.41, 5.74) is 1.08. The van der Waals surface area contributed by atoms with Gasteiger partial charge in [0.2, 0.25) is 0 Å². The highest BCUT2D eigenvalue weighted by Gasteiger charge is 2.37. The third kappa shape index (κ3) is 1.72. The third-order valence-electron chi connectivity index (χ3n) is 4.13. The molecule has 3 heterocycles. The largest absolute Gasteiger partial charge is 0.466 e. The van der Waals surface area contributed by atoms with Crippen molar-refractivity contribution in [1.82, 2.24) is 20.1 Å². The van der Waals surface area contributed by atoms with Crippen molar-refractivity contribution in [1.29, 1.82) is 0 Å². The van der Waals surface area contributed by atoms with Gasteiger partial charge in [0.15, 0.2) is 11.6 Å². The van der Waals surface area contributed by atoms with E-state index in [0.717, 1.165) is 47.7 Å². The van der Waals surface area contributed by atoms with Gasteiger partial charge in [0.25, 0.3) is 0 Å². The molecule has 0 saturated heterocycles. The van der Waals surface area contributed by atoms with Crippen molar-refractivity contribution in [3.05, 3.63) is 23.4 Å². The summed E-state index contributed by atoms with van der Waals surface area (Å²) in [6.07, 6.45) is 2.62. The van der Waals surface area contributed by atoms with Crippen LogP contribution in [0.5, 0.6) is 0 Å². The van der Waals surface area contributed by atoms with Gasteiger partial charge in [0, 0.05) is 13.1 Å². The van der Waals surface area contributed by atoms with E-state index in [-0.39, 0.29) is 0 Å². The van der Waals surface area contributed by atoms with Crippen LogP contribution in [-0.4, -0.2) is 21.3 Å². The molecule has 1 unspecified atom stereocenters. The molecule has 2 aromatic rings. The van der Waals surface area contributed by atoms with Crippen LogP contribution in [0.2, 0.25) is 0 Å². The number of nitrogens with one attached hydrogen (secondary N) is 1. The molecule has 0 bridgehead atoms. The number of nitrogens with zero attached hydrogens (tertiary/aromatic N) is 3. The molecule has 4 rings (SSSR count). The predicted molar refractivity (Wildman–Crippen MR) is 70.7 cm³/mol. The van der Waals surface area contributed by atoms with Crippen LogP contribution >= 0.6 is 0 Å². The minimum absolute atomic E-state index is 0.392. The van der Waals surface area contributed by atoms with Crippen LogP contribution in [0, 0.1) is 19.8 Å². The predicted octanol–water partition coefficient (Wildman–Crippen LogP) is 2.21. The molecule has 1 atom stereocenters. The molecule has 1 fully saturated rings. The molecule has 2 aliphatic rings. The summed E-state index contributed by atoms with van der Waals surface area (Å²) >= 11 is 0. The van der Waals surface area contributed by atoms with Gasteiger partial charge in [-0.1, -0.05) is 0 Å². The molecule has 1 aliphatic heterocycles. The second kappa shape index (κ2) is 3.93. The smallest absolute Gasteiger partial charge is 0.167 e. The van der Waals surface area contributed by atoms with E-state index in [1.807, 2.05) is 13.8 Å². The summed E-state index contributed by atoms with van der Waals surface area (Å²) in [5.74, 6) is 4.66. The Kier molecular flexibility index (Phi) is 2.33. The maximum Gasteiger partial charge on any atom is 0.167 e. The van der Waals surface area contributed by atoms with E-state index >= 15 is 0 Å². The third-order valence-corrected chi connectivity index (χ3v) is 4.13. The first-order valence-electron chi connectivity index (χ1n) is 6.98. The summed E-state index contributed by atoms with van der Waals surface area (Å²) in [6.45, 7) is 5.89. The van der Waals surface area contributed by atoms with Crippen LogP contribution in [-0.2, 0) is 6.54 Å². The SMILES string of the molecule is Cc1cc(-c2nnc3n2CCNC3C2CC2)c(C)o1. The fourth-order valence-corrected chi connectivity index (χ4v) is 3.05.